The van der Waals surface area contributed by atoms with Crippen molar-refractivity contribution >= 4 is 39.6 Å². The van der Waals surface area contributed by atoms with Crippen molar-refractivity contribution in [1.82, 2.24) is 0 Å². The standard InChI is InChI=1S/C8H7IN2S/c1-5(4-10)7(11)8-6(9)2-3-12-8/h2-3H,11H2,1H3/b7-5-. The maximum Gasteiger partial charge on any atom is 0.0966 e. The van der Waals surface area contributed by atoms with E-state index in [0.29, 0.717) is 11.3 Å². The lowest BCUT2D eigenvalue weighted by atomic mass is 10.2. The minimum absolute atomic E-state index is 0.579. The van der Waals surface area contributed by atoms with Gasteiger partial charge in [0.1, 0.15) is 0 Å². The molecular weight excluding hydrogens is 283 g/mol. The molecule has 0 aromatic carbocycles. The summed E-state index contributed by atoms with van der Waals surface area (Å²) < 4.78 is 1.10. The summed E-state index contributed by atoms with van der Waals surface area (Å²) in [7, 11) is 0. The van der Waals surface area contributed by atoms with Crippen molar-refractivity contribution < 1.29 is 0 Å². The SMILES string of the molecule is C/C(C#N)=C(/N)c1sccc1I. The van der Waals surface area contributed by atoms with Gasteiger partial charge in [-0.1, -0.05) is 0 Å². The molecule has 0 saturated heterocycles. The van der Waals surface area contributed by atoms with Crippen LogP contribution in [0.5, 0.6) is 0 Å². The van der Waals surface area contributed by atoms with Gasteiger partial charge in [-0.3, -0.25) is 0 Å². The van der Waals surface area contributed by atoms with Crippen molar-refractivity contribution in [2.75, 3.05) is 0 Å². The average molecular weight is 290 g/mol. The Morgan fingerprint density at radius 2 is 2.42 bits per heavy atom. The summed E-state index contributed by atoms with van der Waals surface area (Å²) >= 11 is 3.77. The van der Waals surface area contributed by atoms with Crippen molar-refractivity contribution in [3.05, 3.63) is 25.5 Å². The Bertz CT molecular complexity index is 359. The Hall–Kier alpha value is -0.540. The van der Waals surface area contributed by atoms with Crippen LogP contribution in [0.2, 0.25) is 0 Å². The smallest absolute Gasteiger partial charge is 0.0966 e. The molecule has 0 unspecified atom stereocenters. The van der Waals surface area contributed by atoms with E-state index in [1.807, 2.05) is 17.5 Å². The number of halogens is 1. The van der Waals surface area contributed by atoms with Gasteiger partial charge < -0.3 is 5.73 Å². The topological polar surface area (TPSA) is 49.8 Å². The van der Waals surface area contributed by atoms with Crippen LogP contribution in [0.25, 0.3) is 5.70 Å². The Labute approximate surface area is 88.8 Å². The zero-order valence-corrected chi connectivity index (χ0v) is 9.44. The quantitative estimate of drug-likeness (QED) is 0.638. The summed E-state index contributed by atoms with van der Waals surface area (Å²) in [6.45, 7) is 1.73. The number of hydrogen-bond acceptors (Lipinski definition) is 3. The zero-order valence-electron chi connectivity index (χ0n) is 6.47. The summed E-state index contributed by atoms with van der Waals surface area (Å²) in [6, 6.07) is 4.02. The molecule has 0 atom stereocenters. The lowest BCUT2D eigenvalue weighted by Gasteiger charge is -1.98. The van der Waals surface area contributed by atoms with Gasteiger partial charge in [0.15, 0.2) is 0 Å². The lowest BCUT2D eigenvalue weighted by Crippen LogP contribution is -1.97. The third-order valence-electron chi connectivity index (χ3n) is 1.43. The lowest BCUT2D eigenvalue weighted by molar-refractivity contribution is 1.41. The van der Waals surface area contributed by atoms with Crippen LogP contribution in [-0.4, -0.2) is 0 Å². The predicted molar refractivity (Wildman–Crippen MR) is 59.4 cm³/mol. The highest BCUT2D eigenvalue weighted by atomic mass is 127. The molecule has 0 radical (unpaired) electrons. The van der Waals surface area contributed by atoms with E-state index >= 15 is 0 Å². The molecule has 1 aromatic rings. The van der Waals surface area contributed by atoms with E-state index in [4.69, 9.17) is 11.0 Å². The fourth-order valence-electron chi connectivity index (χ4n) is 0.716. The second-order valence-electron chi connectivity index (χ2n) is 2.25. The number of nitriles is 1. The van der Waals surface area contributed by atoms with E-state index in [2.05, 4.69) is 22.6 Å². The normalized spacial score (nSPS) is 12.1. The van der Waals surface area contributed by atoms with E-state index in [1.165, 1.54) is 0 Å². The van der Waals surface area contributed by atoms with Gasteiger partial charge in [0.2, 0.25) is 0 Å². The van der Waals surface area contributed by atoms with Gasteiger partial charge in [0.25, 0.3) is 0 Å². The van der Waals surface area contributed by atoms with Gasteiger partial charge >= 0.3 is 0 Å². The minimum atomic E-state index is 0.579. The molecular formula is C8H7IN2S. The number of rotatable bonds is 1. The van der Waals surface area contributed by atoms with Crippen LogP contribution in [0, 0.1) is 14.9 Å². The summed E-state index contributed by atoms with van der Waals surface area (Å²) in [5.74, 6) is 0. The molecule has 0 aliphatic carbocycles. The van der Waals surface area contributed by atoms with E-state index in [1.54, 1.807) is 18.3 Å². The monoisotopic (exact) mass is 290 g/mol. The Kier molecular flexibility index (Phi) is 3.12. The number of nitrogens with two attached hydrogens (primary N) is 1. The molecule has 0 saturated carbocycles. The van der Waals surface area contributed by atoms with Crippen LogP contribution in [0.4, 0.5) is 0 Å². The van der Waals surface area contributed by atoms with Crippen molar-refractivity contribution in [3.63, 3.8) is 0 Å². The number of allylic oxidation sites excluding steroid dienone is 1. The van der Waals surface area contributed by atoms with Crippen LogP contribution in [0.3, 0.4) is 0 Å². The fraction of sp³-hybridized carbons (Fsp3) is 0.125. The molecule has 0 bridgehead atoms. The zero-order chi connectivity index (χ0) is 9.14. The van der Waals surface area contributed by atoms with E-state index < -0.39 is 0 Å². The molecule has 4 heteroatoms. The van der Waals surface area contributed by atoms with Crippen molar-refractivity contribution in [3.8, 4) is 6.07 Å². The Morgan fingerprint density at radius 1 is 1.75 bits per heavy atom. The predicted octanol–water partition coefficient (Wildman–Crippen LogP) is 2.57. The van der Waals surface area contributed by atoms with Crippen LogP contribution in [0.15, 0.2) is 17.0 Å². The summed E-state index contributed by atoms with van der Waals surface area (Å²) in [6.07, 6.45) is 0. The highest BCUT2D eigenvalue weighted by Crippen LogP contribution is 2.25. The maximum atomic E-state index is 8.61. The second kappa shape index (κ2) is 3.92. The second-order valence-corrected chi connectivity index (χ2v) is 4.33. The third-order valence-corrected chi connectivity index (χ3v) is 3.65. The molecule has 1 heterocycles. The highest BCUT2D eigenvalue weighted by Gasteiger charge is 2.06. The highest BCUT2D eigenvalue weighted by molar-refractivity contribution is 14.1. The number of hydrogen-bond donors (Lipinski definition) is 1. The Balaban J connectivity index is 3.18. The van der Waals surface area contributed by atoms with E-state index in [-0.39, 0.29) is 0 Å². The fourth-order valence-corrected chi connectivity index (χ4v) is 2.61. The summed E-state index contributed by atoms with van der Waals surface area (Å²) in [5, 5.41) is 10.6. The van der Waals surface area contributed by atoms with Crippen LogP contribution >= 0.6 is 33.9 Å². The number of thiophene rings is 1. The molecule has 0 aliphatic heterocycles. The molecule has 1 aromatic heterocycles. The van der Waals surface area contributed by atoms with Crippen LogP contribution in [-0.2, 0) is 0 Å². The van der Waals surface area contributed by atoms with Crippen LogP contribution < -0.4 is 5.73 Å². The van der Waals surface area contributed by atoms with Gasteiger partial charge in [-0.2, -0.15) is 5.26 Å². The van der Waals surface area contributed by atoms with Gasteiger partial charge in [-0.05, 0) is 41.0 Å². The minimum Gasteiger partial charge on any atom is -0.397 e. The van der Waals surface area contributed by atoms with Crippen LogP contribution in [0.1, 0.15) is 11.8 Å². The molecule has 62 valence electrons. The molecule has 12 heavy (non-hydrogen) atoms. The van der Waals surface area contributed by atoms with Crippen molar-refractivity contribution in [2.24, 2.45) is 5.73 Å². The third kappa shape index (κ3) is 1.79. The molecule has 0 aliphatic rings. The van der Waals surface area contributed by atoms with Gasteiger partial charge in [-0.15, -0.1) is 11.3 Å². The van der Waals surface area contributed by atoms with E-state index in [9.17, 15) is 0 Å². The van der Waals surface area contributed by atoms with Gasteiger partial charge in [0.05, 0.1) is 22.2 Å². The molecule has 1 rings (SSSR count). The molecule has 0 amide bonds. The van der Waals surface area contributed by atoms with Crippen molar-refractivity contribution in [2.45, 2.75) is 6.92 Å². The first kappa shape index (κ1) is 9.55. The molecule has 2 nitrogen and oxygen atoms in total. The molecule has 0 spiro atoms. The summed E-state index contributed by atoms with van der Waals surface area (Å²) in [4.78, 5) is 0.995. The van der Waals surface area contributed by atoms with Gasteiger partial charge in [-0.25, -0.2) is 0 Å². The maximum absolute atomic E-state index is 8.61. The molecule has 2 N–H and O–H groups in total. The average Bonchev–Trinajstić information content (AvgIpc) is 2.48. The first-order chi connectivity index (χ1) is 5.66. The Morgan fingerprint density at radius 3 is 2.83 bits per heavy atom. The van der Waals surface area contributed by atoms with E-state index in [0.717, 1.165) is 8.45 Å². The summed E-state index contributed by atoms with van der Waals surface area (Å²) in [5.41, 5.74) is 6.93. The van der Waals surface area contributed by atoms with Crippen molar-refractivity contribution in [1.29, 1.82) is 5.26 Å². The first-order valence-electron chi connectivity index (χ1n) is 3.26. The number of nitrogens with zero attached hydrogens (tertiary/aromatic N) is 1. The largest absolute Gasteiger partial charge is 0.397 e. The van der Waals surface area contributed by atoms with Gasteiger partial charge in [0, 0.05) is 3.57 Å². The molecule has 0 fully saturated rings. The first-order valence-corrected chi connectivity index (χ1v) is 5.22.